The quantitative estimate of drug-likeness (QED) is 0.346. The van der Waals surface area contributed by atoms with Gasteiger partial charge in [-0.05, 0) is 90.0 Å². The largest absolute Gasteiger partial charge is 0.490 e. The van der Waals surface area contributed by atoms with Gasteiger partial charge in [0.2, 0.25) is 0 Å². The van der Waals surface area contributed by atoms with Crippen molar-refractivity contribution in [3.8, 4) is 11.5 Å². The predicted molar refractivity (Wildman–Crippen MR) is 124 cm³/mol. The van der Waals surface area contributed by atoms with E-state index < -0.39 is 11.8 Å². The number of rotatable bonds is 6. The van der Waals surface area contributed by atoms with Crippen LogP contribution in [0.4, 0.5) is 5.69 Å². The highest BCUT2D eigenvalue weighted by molar-refractivity contribution is 9.10. The highest BCUT2D eigenvalue weighted by Crippen LogP contribution is 2.37. The third-order valence-electron chi connectivity index (χ3n) is 4.12. The zero-order valence-corrected chi connectivity index (χ0v) is 19.4. The van der Waals surface area contributed by atoms with E-state index in [1.54, 1.807) is 36.4 Å². The van der Waals surface area contributed by atoms with Crippen LogP contribution in [0.3, 0.4) is 0 Å². The third kappa shape index (κ3) is 4.66. The van der Waals surface area contributed by atoms with Gasteiger partial charge in [-0.2, -0.15) is 0 Å². The molecular formula is C21H18BrClN2O4S. The van der Waals surface area contributed by atoms with Crippen LogP contribution < -0.4 is 19.7 Å². The molecule has 0 radical (unpaired) electrons. The first kappa shape index (κ1) is 22.3. The van der Waals surface area contributed by atoms with Gasteiger partial charge in [-0.1, -0.05) is 11.6 Å². The molecule has 30 heavy (non-hydrogen) atoms. The van der Waals surface area contributed by atoms with Gasteiger partial charge < -0.3 is 9.47 Å². The highest BCUT2D eigenvalue weighted by Gasteiger charge is 2.34. The van der Waals surface area contributed by atoms with Crippen molar-refractivity contribution in [3.05, 3.63) is 57.0 Å². The molecule has 1 heterocycles. The topological polar surface area (TPSA) is 67.9 Å². The molecule has 0 unspecified atom stereocenters. The summed E-state index contributed by atoms with van der Waals surface area (Å²) in [4.78, 5) is 26.9. The molecule has 0 bridgehead atoms. The number of anilines is 1. The van der Waals surface area contributed by atoms with E-state index in [4.69, 9.17) is 33.3 Å². The van der Waals surface area contributed by atoms with E-state index in [0.29, 0.717) is 45.5 Å². The summed E-state index contributed by atoms with van der Waals surface area (Å²) in [5.74, 6) is -0.0357. The molecule has 0 atom stereocenters. The first-order valence-electron chi connectivity index (χ1n) is 9.11. The summed E-state index contributed by atoms with van der Waals surface area (Å²) < 4.78 is 11.9. The molecule has 0 saturated carbocycles. The van der Waals surface area contributed by atoms with E-state index >= 15 is 0 Å². The lowest BCUT2D eigenvalue weighted by molar-refractivity contribution is -0.122. The first-order chi connectivity index (χ1) is 14.3. The van der Waals surface area contributed by atoms with Crippen LogP contribution in [0.15, 0.2) is 46.4 Å². The van der Waals surface area contributed by atoms with E-state index in [0.717, 1.165) is 0 Å². The Morgan fingerprint density at radius 3 is 2.43 bits per heavy atom. The zero-order chi connectivity index (χ0) is 21.8. The summed E-state index contributed by atoms with van der Waals surface area (Å²) in [5.41, 5.74) is 1.04. The number of thiocarbonyl (C=S) groups is 1. The van der Waals surface area contributed by atoms with Gasteiger partial charge >= 0.3 is 0 Å². The van der Waals surface area contributed by atoms with Gasteiger partial charge in [0, 0.05) is 5.02 Å². The van der Waals surface area contributed by atoms with Crippen molar-refractivity contribution in [2.45, 2.75) is 13.8 Å². The molecule has 1 aliphatic heterocycles. The third-order valence-corrected chi connectivity index (χ3v) is 5.24. The summed E-state index contributed by atoms with van der Waals surface area (Å²) in [6, 6.07) is 10.1. The number of hydrogen-bond acceptors (Lipinski definition) is 5. The number of halogens is 2. The molecule has 1 N–H and O–H groups in total. The molecular weight excluding hydrogens is 492 g/mol. The number of benzene rings is 2. The second-order valence-corrected chi connectivity index (χ2v) is 7.81. The summed E-state index contributed by atoms with van der Waals surface area (Å²) in [6.07, 6.45) is 1.49. The van der Waals surface area contributed by atoms with Crippen LogP contribution in [-0.4, -0.2) is 30.1 Å². The Morgan fingerprint density at radius 2 is 1.80 bits per heavy atom. The molecule has 9 heteroatoms. The van der Waals surface area contributed by atoms with E-state index in [-0.39, 0.29) is 10.7 Å². The Bertz CT molecular complexity index is 1040. The number of carbonyl (C=O) groups is 2. The van der Waals surface area contributed by atoms with Crippen molar-refractivity contribution in [2.24, 2.45) is 0 Å². The highest BCUT2D eigenvalue weighted by atomic mass is 79.9. The minimum absolute atomic E-state index is 0.00681. The Balaban J connectivity index is 2.03. The second kappa shape index (κ2) is 9.59. The minimum Gasteiger partial charge on any atom is -0.490 e. The SMILES string of the molecule is CCOc1cc(C=C2C(=O)NC(=S)N(c3ccc(Cl)cc3)C2=O)cc(Br)c1OCC. The predicted octanol–water partition coefficient (Wildman–Crippen LogP) is 4.73. The van der Waals surface area contributed by atoms with Crippen LogP contribution in [0.25, 0.3) is 6.08 Å². The van der Waals surface area contributed by atoms with Crippen LogP contribution in [0.2, 0.25) is 5.02 Å². The van der Waals surface area contributed by atoms with Crippen molar-refractivity contribution >= 4 is 68.4 Å². The van der Waals surface area contributed by atoms with E-state index in [9.17, 15) is 9.59 Å². The van der Waals surface area contributed by atoms with Crippen molar-refractivity contribution in [1.82, 2.24) is 5.32 Å². The summed E-state index contributed by atoms with van der Waals surface area (Å²) >= 11 is 14.6. The molecule has 1 aliphatic rings. The van der Waals surface area contributed by atoms with Gasteiger partial charge in [0.25, 0.3) is 11.8 Å². The molecule has 156 valence electrons. The number of nitrogens with one attached hydrogen (secondary N) is 1. The van der Waals surface area contributed by atoms with Gasteiger partial charge in [-0.15, -0.1) is 0 Å². The number of nitrogens with zero attached hydrogens (tertiary/aromatic N) is 1. The molecule has 2 amide bonds. The maximum atomic E-state index is 13.1. The van der Waals surface area contributed by atoms with Crippen LogP contribution in [0.5, 0.6) is 11.5 Å². The standard InChI is InChI=1S/C21H18BrClN2O4S/c1-3-28-17-11-12(10-16(22)18(17)29-4-2)9-15-19(26)24-21(30)25(20(15)27)14-7-5-13(23)6-8-14/h5-11H,3-4H2,1-2H3,(H,24,26,30). The minimum atomic E-state index is -0.571. The number of hydrogen-bond donors (Lipinski definition) is 1. The van der Waals surface area contributed by atoms with Crippen molar-refractivity contribution in [3.63, 3.8) is 0 Å². The molecule has 0 spiro atoms. The summed E-state index contributed by atoms with van der Waals surface area (Å²) in [6.45, 7) is 4.63. The molecule has 2 aromatic carbocycles. The van der Waals surface area contributed by atoms with Gasteiger partial charge in [0.1, 0.15) is 5.57 Å². The normalized spacial score (nSPS) is 15.4. The average Bonchev–Trinajstić information content (AvgIpc) is 2.69. The van der Waals surface area contributed by atoms with Crippen LogP contribution in [-0.2, 0) is 9.59 Å². The lowest BCUT2D eigenvalue weighted by Crippen LogP contribution is -2.54. The molecule has 3 rings (SSSR count). The zero-order valence-electron chi connectivity index (χ0n) is 16.2. The molecule has 1 saturated heterocycles. The van der Waals surface area contributed by atoms with Crippen LogP contribution in [0.1, 0.15) is 19.4 Å². The average molecular weight is 510 g/mol. The lowest BCUT2D eigenvalue weighted by Gasteiger charge is -2.29. The fraction of sp³-hybridized carbons (Fsp3) is 0.190. The van der Waals surface area contributed by atoms with Gasteiger partial charge in [0.15, 0.2) is 16.6 Å². The summed E-state index contributed by atoms with van der Waals surface area (Å²) in [5, 5.41) is 3.09. The van der Waals surface area contributed by atoms with E-state index in [1.165, 1.54) is 11.0 Å². The van der Waals surface area contributed by atoms with Gasteiger partial charge in [0.05, 0.1) is 23.4 Å². The molecule has 0 aromatic heterocycles. The van der Waals surface area contributed by atoms with Crippen molar-refractivity contribution < 1.29 is 19.1 Å². The van der Waals surface area contributed by atoms with Crippen LogP contribution in [0, 0.1) is 0 Å². The second-order valence-electron chi connectivity index (χ2n) is 6.13. The van der Waals surface area contributed by atoms with E-state index in [2.05, 4.69) is 21.2 Å². The Kier molecular flexibility index (Phi) is 7.12. The molecule has 1 fully saturated rings. The van der Waals surface area contributed by atoms with Gasteiger partial charge in [-0.3, -0.25) is 19.8 Å². The monoisotopic (exact) mass is 508 g/mol. The van der Waals surface area contributed by atoms with Crippen LogP contribution >= 0.6 is 39.7 Å². The Hall–Kier alpha value is -2.42. The maximum absolute atomic E-state index is 13.1. The number of amides is 2. The fourth-order valence-electron chi connectivity index (χ4n) is 2.87. The van der Waals surface area contributed by atoms with Crippen molar-refractivity contribution in [1.29, 1.82) is 0 Å². The number of carbonyl (C=O) groups excluding carboxylic acids is 2. The van der Waals surface area contributed by atoms with Gasteiger partial charge in [-0.25, -0.2) is 0 Å². The molecule has 0 aliphatic carbocycles. The Labute approximate surface area is 192 Å². The molecule has 2 aromatic rings. The smallest absolute Gasteiger partial charge is 0.270 e. The first-order valence-corrected chi connectivity index (χ1v) is 10.7. The fourth-order valence-corrected chi connectivity index (χ4v) is 3.85. The van der Waals surface area contributed by atoms with Crippen molar-refractivity contribution in [2.75, 3.05) is 18.1 Å². The maximum Gasteiger partial charge on any atom is 0.270 e. The summed E-state index contributed by atoms with van der Waals surface area (Å²) in [7, 11) is 0. The number of ether oxygens (including phenoxy) is 2. The Morgan fingerprint density at radius 1 is 1.13 bits per heavy atom. The van der Waals surface area contributed by atoms with E-state index in [1.807, 2.05) is 13.8 Å². The molecule has 6 nitrogen and oxygen atoms in total. The lowest BCUT2D eigenvalue weighted by atomic mass is 10.1.